The number of aryl methyl sites for hydroxylation is 1. The molecule has 0 aliphatic carbocycles. The Morgan fingerprint density at radius 2 is 2.42 bits per heavy atom. The summed E-state index contributed by atoms with van der Waals surface area (Å²) < 4.78 is 0. The largest absolute Gasteiger partial charge is 0.481 e. The molecule has 1 unspecified atom stereocenters. The molecule has 0 bridgehead atoms. The standard InChI is InChI=1S/C9H12O2S/c1-3-7(9(10)11)8-4-6(2)5-12-8/h4-5,7H,3H2,1-2H3,(H,10,11). The molecule has 1 aromatic rings. The highest BCUT2D eigenvalue weighted by Crippen LogP contribution is 2.26. The molecule has 0 aliphatic rings. The summed E-state index contributed by atoms with van der Waals surface area (Å²) in [6, 6.07) is 1.95. The van der Waals surface area contributed by atoms with Gasteiger partial charge in [-0.1, -0.05) is 6.92 Å². The summed E-state index contributed by atoms with van der Waals surface area (Å²) in [6.07, 6.45) is 0.662. The maximum absolute atomic E-state index is 10.7. The minimum Gasteiger partial charge on any atom is -0.481 e. The Morgan fingerprint density at radius 3 is 2.75 bits per heavy atom. The zero-order valence-corrected chi connectivity index (χ0v) is 8.02. The normalized spacial score (nSPS) is 12.8. The summed E-state index contributed by atoms with van der Waals surface area (Å²) in [5.41, 5.74) is 1.15. The van der Waals surface area contributed by atoms with E-state index in [1.807, 2.05) is 25.3 Å². The molecule has 12 heavy (non-hydrogen) atoms. The van der Waals surface area contributed by atoms with Gasteiger partial charge in [0, 0.05) is 4.88 Å². The average Bonchev–Trinajstić information content (AvgIpc) is 2.37. The van der Waals surface area contributed by atoms with E-state index in [9.17, 15) is 4.79 Å². The van der Waals surface area contributed by atoms with Gasteiger partial charge in [0.2, 0.25) is 0 Å². The molecule has 0 radical (unpaired) electrons. The highest BCUT2D eigenvalue weighted by atomic mass is 32.1. The van der Waals surface area contributed by atoms with Crippen molar-refractivity contribution in [3.05, 3.63) is 21.9 Å². The van der Waals surface area contributed by atoms with Crippen LogP contribution in [0.15, 0.2) is 11.4 Å². The molecule has 66 valence electrons. The number of carbonyl (C=O) groups is 1. The molecule has 1 rings (SSSR count). The Balaban J connectivity index is 2.87. The fourth-order valence-corrected chi connectivity index (χ4v) is 2.21. The molecular formula is C9H12O2S. The van der Waals surface area contributed by atoms with Crippen LogP contribution in [0, 0.1) is 6.92 Å². The average molecular weight is 184 g/mol. The lowest BCUT2D eigenvalue weighted by atomic mass is 10.1. The van der Waals surface area contributed by atoms with Gasteiger partial charge >= 0.3 is 5.97 Å². The molecule has 0 spiro atoms. The first-order valence-corrected chi connectivity index (χ1v) is 4.81. The van der Waals surface area contributed by atoms with Crippen molar-refractivity contribution < 1.29 is 9.90 Å². The van der Waals surface area contributed by atoms with Crippen LogP contribution < -0.4 is 0 Å². The Kier molecular flexibility index (Phi) is 2.87. The Labute approximate surface area is 75.9 Å². The quantitative estimate of drug-likeness (QED) is 0.784. The van der Waals surface area contributed by atoms with Crippen LogP contribution in [-0.4, -0.2) is 11.1 Å². The van der Waals surface area contributed by atoms with E-state index in [0.717, 1.165) is 10.4 Å². The number of hydrogen-bond donors (Lipinski definition) is 1. The van der Waals surface area contributed by atoms with E-state index < -0.39 is 5.97 Å². The van der Waals surface area contributed by atoms with Gasteiger partial charge in [0.25, 0.3) is 0 Å². The van der Waals surface area contributed by atoms with Crippen molar-refractivity contribution >= 4 is 17.3 Å². The van der Waals surface area contributed by atoms with E-state index in [1.165, 1.54) is 11.3 Å². The maximum atomic E-state index is 10.7. The highest BCUT2D eigenvalue weighted by Gasteiger charge is 2.18. The monoisotopic (exact) mass is 184 g/mol. The lowest BCUT2D eigenvalue weighted by Crippen LogP contribution is -2.08. The lowest BCUT2D eigenvalue weighted by Gasteiger charge is -2.05. The molecule has 0 aromatic carbocycles. The summed E-state index contributed by atoms with van der Waals surface area (Å²) in [5.74, 6) is -1.04. The van der Waals surface area contributed by atoms with Crippen LogP contribution in [0.5, 0.6) is 0 Å². The lowest BCUT2D eigenvalue weighted by molar-refractivity contribution is -0.138. The SMILES string of the molecule is CCC(C(=O)O)c1cc(C)cs1. The molecule has 1 N–H and O–H groups in total. The Morgan fingerprint density at radius 1 is 1.75 bits per heavy atom. The molecular weight excluding hydrogens is 172 g/mol. The molecule has 0 amide bonds. The van der Waals surface area contributed by atoms with Gasteiger partial charge in [0.15, 0.2) is 0 Å². The molecule has 0 saturated heterocycles. The second-order valence-electron chi connectivity index (χ2n) is 2.83. The minimum atomic E-state index is -0.723. The number of carboxylic acid groups (broad SMARTS) is 1. The second kappa shape index (κ2) is 3.72. The van der Waals surface area contributed by atoms with Crippen LogP contribution in [0.3, 0.4) is 0 Å². The molecule has 3 heteroatoms. The van der Waals surface area contributed by atoms with Gasteiger partial charge in [0.05, 0.1) is 5.92 Å². The first kappa shape index (κ1) is 9.26. The third-order valence-electron chi connectivity index (χ3n) is 1.80. The summed E-state index contributed by atoms with van der Waals surface area (Å²) in [7, 11) is 0. The predicted molar refractivity (Wildman–Crippen MR) is 49.7 cm³/mol. The van der Waals surface area contributed by atoms with Crippen LogP contribution >= 0.6 is 11.3 Å². The molecule has 1 heterocycles. The number of hydrogen-bond acceptors (Lipinski definition) is 2. The molecule has 1 atom stereocenters. The van der Waals surface area contributed by atoms with Crippen molar-refractivity contribution in [3.8, 4) is 0 Å². The van der Waals surface area contributed by atoms with Crippen LogP contribution in [0.2, 0.25) is 0 Å². The highest BCUT2D eigenvalue weighted by molar-refractivity contribution is 7.10. The van der Waals surface area contributed by atoms with Gasteiger partial charge in [-0.15, -0.1) is 11.3 Å². The van der Waals surface area contributed by atoms with Gasteiger partial charge < -0.3 is 5.11 Å². The fraction of sp³-hybridized carbons (Fsp3) is 0.444. The van der Waals surface area contributed by atoms with Gasteiger partial charge in [-0.05, 0) is 30.4 Å². The number of thiophene rings is 1. The van der Waals surface area contributed by atoms with Crippen molar-refractivity contribution in [3.63, 3.8) is 0 Å². The smallest absolute Gasteiger partial charge is 0.311 e. The van der Waals surface area contributed by atoms with Gasteiger partial charge in [-0.3, -0.25) is 4.79 Å². The molecule has 0 saturated carbocycles. The molecule has 0 aliphatic heterocycles. The van der Waals surface area contributed by atoms with Crippen LogP contribution in [0.25, 0.3) is 0 Å². The zero-order chi connectivity index (χ0) is 9.14. The Bertz CT molecular complexity index is 278. The van der Waals surface area contributed by atoms with Crippen LogP contribution in [0.1, 0.15) is 29.7 Å². The van der Waals surface area contributed by atoms with Gasteiger partial charge in [-0.2, -0.15) is 0 Å². The summed E-state index contributed by atoms with van der Waals surface area (Å²) >= 11 is 1.53. The minimum absolute atomic E-state index is 0.316. The number of rotatable bonds is 3. The van der Waals surface area contributed by atoms with Crippen molar-refractivity contribution in [2.45, 2.75) is 26.2 Å². The number of aliphatic carboxylic acids is 1. The van der Waals surface area contributed by atoms with E-state index in [0.29, 0.717) is 6.42 Å². The topological polar surface area (TPSA) is 37.3 Å². The van der Waals surface area contributed by atoms with E-state index in [-0.39, 0.29) is 5.92 Å². The fourth-order valence-electron chi connectivity index (χ4n) is 1.13. The van der Waals surface area contributed by atoms with Crippen molar-refractivity contribution in [2.24, 2.45) is 0 Å². The molecule has 1 aromatic heterocycles. The van der Waals surface area contributed by atoms with Crippen molar-refractivity contribution in [1.82, 2.24) is 0 Å². The van der Waals surface area contributed by atoms with Crippen molar-refractivity contribution in [2.75, 3.05) is 0 Å². The van der Waals surface area contributed by atoms with Crippen LogP contribution in [-0.2, 0) is 4.79 Å². The van der Waals surface area contributed by atoms with Gasteiger partial charge in [0.1, 0.15) is 0 Å². The van der Waals surface area contributed by atoms with Crippen molar-refractivity contribution in [1.29, 1.82) is 0 Å². The first-order chi connectivity index (χ1) is 5.65. The molecule has 2 nitrogen and oxygen atoms in total. The summed E-state index contributed by atoms with van der Waals surface area (Å²) in [6.45, 7) is 3.88. The third-order valence-corrected chi connectivity index (χ3v) is 2.96. The maximum Gasteiger partial charge on any atom is 0.311 e. The van der Waals surface area contributed by atoms with Gasteiger partial charge in [-0.25, -0.2) is 0 Å². The Hall–Kier alpha value is -0.830. The van der Waals surface area contributed by atoms with Crippen LogP contribution in [0.4, 0.5) is 0 Å². The summed E-state index contributed by atoms with van der Waals surface area (Å²) in [5, 5.41) is 10.8. The van der Waals surface area contributed by atoms with E-state index in [1.54, 1.807) is 0 Å². The third kappa shape index (κ3) is 1.85. The molecule has 0 fully saturated rings. The zero-order valence-electron chi connectivity index (χ0n) is 7.20. The van der Waals surface area contributed by atoms with E-state index in [2.05, 4.69) is 0 Å². The second-order valence-corrected chi connectivity index (χ2v) is 3.77. The van der Waals surface area contributed by atoms with E-state index >= 15 is 0 Å². The van der Waals surface area contributed by atoms with E-state index in [4.69, 9.17) is 5.11 Å². The predicted octanol–water partition coefficient (Wildman–Crippen LogP) is 2.63. The summed E-state index contributed by atoms with van der Waals surface area (Å²) in [4.78, 5) is 11.7. The number of carboxylic acids is 1. The first-order valence-electron chi connectivity index (χ1n) is 3.93.